The van der Waals surface area contributed by atoms with E-state index < -0.39 is 10.0 Å². The van der Waals surface area contributed by atoms with Gasteiger partial charge >= 0.3 is 6.03 Å². The molecule has 2 amide bonds. The molecule has 7 nitrogen and oxygen atoms in total. The highest BCUT2D eigenvalue weighted by Gasteiger charge is 2.19. The Hall–Kier alpha value is -4.66. The number of para-hydroxylation sites is 1. The minimum absolute atomic E-state index is 0.0126. The molecule has 0 aliphatic rings. The van der Waals surface area contributed by atoms with Gasteiger partial charge in [0.25, 0.3) is 0 Å². The van der Waals surface area contributed by atoms with E-state index in [4.69, 9.17) is 4.74 Å². The Balaban J connectivity index is 1.33. The van der Waals surface area contributed by atoms with Gasteiger partial charge in [-0.15, -0.1) is 0 Å². The number of ether oxygens (including phenoxy) is 1. The third kappa shape index (κ3) is 6.66. The summed E-state index contributed by atoms with van der Waals surface area (Å²) < 4.78 is 34.6. The maximum Gasteiger partial charge on any atom is 0.326 e. The number of carbonyl (C=O) groups is 1. The van der Waals surface area contributed by atoms with Gasteiger partial charge in [0.05, 0.1) is 4.90 Å². The Morgan fingerprint density at radius 3 is 2.20 bits per heavy atom. The molecule has 5 aromatic carbocycles. The summed E-state index contributed by atoms with van der Waals surface area (Å²) >= 11 is 0. The summed E-state index contributed by atoms with van der Waals surface area (Å²) in [7, 11) is -3.79. The molecule has 202 valence electrons. The van der Waals surface area contributed by atoms with Crippen molar-refractivity contribution in [3.63, 3.8) is 0 Å². The molecule has 0 radical (unpaired) electrons. The minimum Gasteiger partial charge on any atom is -0.457 e. The van der Waals surface area contributed by atoms with Crippen LogP contribution in [0.2, 0.25) is 0 Å². The summed E-state index contributed by atoms with van der Waals surface area (Å²) in [6, 6.07) is 36.2. The van der Waals surface area contributed by atoms with Crippen LogP contribution in [0.5, 0.6) is 11.5 Å². The predicted molar refractivity (Wildman–Crippen MR) is 160 cm³/mol. The monoisotopic (exact) mass is 551 g/mol. The van der Waals surface area contributed by atoms with Crippen molar-refractivity contribution in [1.29, 1.82) is 0 Å². The van der Waals surface area contributed by atoms with Crippen LogP contribution in [-0.2, 0) is 10.0 Å². The first-order valence-electron chi connectivity index (χ1n) is 12.8. The first-order valence-corrected chi connectivity index (χ1v) is 14.3. The van der Waals surface area contributed by atoms with Crippen LogP contribution < -0.4 is 19.7 Å². The number of nitrogens with zero attached hydrogens (tertiary/aromatic N) is 1. The summed E-state index contributed by atoms with van der Waals surface area (Å²) in [4.78, 5) is 15.0. The number of rotatable bonds is 9. The smallest absolute Gasteiger partial charge is 0.326 e. The highest BCUT2D eigenvalue weighted by atomic mass is 32.2. The quantitative estimate of drug-likeness (QED) is 0.207. The number of benzene rings is 5. The van der Waals surface area contributed by atoms with E-state index in [0.717, 1.165) is 16.3 Å². The number of aryl methyl sites for hydroxylation is 1. The molecule has 5 aromatic rings. The van der Waals surface area contributed by atoms with Crippen LogP contribution in [0.15, 0.2) is 126 Å². The van der Waals surface area contributed by atoms with Gasteiger partial charge in [0.15, 0.2) is 0 Å². The molecule has 0 saturated heterocycles. The van der Waals surface area contributed by atoms with Gasteiger partial charge in [0.2, 0.25) is 10.0 Å². The van der Waals surface area contributed by atoms with Crippen molar-refractivity contribution >= 4 is 38.2 Å². The first kappa shape index (κ1) is 26.9. The number of fused-ring (bicyclic) bond motifs is 1. The maximum absolute atomic E-state index is 13.4. The van der Waals surface area contributed by atoms with E-state index in [-0.39, 0.29) is 24.0 Å². The Kier molecular flexibility index (Phi) is 8.10. The van der Waals surface area contributed by atoms with E-state index in [1.54, 1.807) is 42.5 Å². The van der Waals surface area contributed by atoms with Crippen molar-refractivity contribution in [1.82, 2.24) is 4.72 Å². The van der Waals surface area contributed by atoms with Crippen molar-refractivity contribution < 1.29 is 17.9 Å². The average Bonchev–Trinajstić information content (AvgIpc) is 2.96. The fourth-order valence-electron chi connectivity index (χ4n) is 4.29. The molecule has 0 heterocycles. The fourth-order valence-corrected chi connectivity index (χ4v) is 5.35. The summed E-state index contributed by atoms with van der Waals surface area (Å²) in [5, 5.41) is 4.71. The van der Waals surface area contributed by atoms with Gasteiger partial charge in [-0.2, -0.15) is 0 Å². The molecule has 5 rings (SSSR count). The van der Waals surface area contributed by atoms with E-state index in [1.165, 1.54) is 4.90 Å². The standard InChI is InChI=1S/C32H29N3O4S/c1-24-8-7-11-27(22-24)34-32(36)35(28-15-17-30(18-16-28)39-29-12-3-2-4-13-29)21-20-33-40(37,38)31-19-14-25-9-5-6-10-26(25)23-31/h2-19,22-23,33H,20-21H2,1H3,(H,34,36). The molecule has 0 aromatic heterocycles. The molecule has 0 aliphatic heterocycles. The second-order valence-electron chi connectivity index (χ2n) is 9.27. The van der Waals surface area contributed by atoms with Crippen LogP contribution in [-0.4, -0.2) is 27.5 Å². The number of carbonyl (C=O) groups excluding carboxylic acids is 1. The van der Waals surface area contributed by atoms with E-state index in [2.05, 4.69) is 10.0 Å². The number of hydrogen-bond acceptors (Lipinski definition) is 4. The Bertz CT molecular complexity index is 1720. The normalized spacial score (nSPS) is 11.2. The van der Waals surface area contributed by atoms with Crippen LogP contribution >= 0.6 is 0 Å². The molecule has 0 saturated carbocycles. The Morgan fingerprint density at radius 2 is 1.45 bits per heavy atom. The molecular weight excluding hydrogens is 522 g/mol. The lowest BCUT2D eigenvalue weighted by Gasteiger charge is -2.24. The average molecular weight is 552 g/mol. The summed E-state index contributed by atoms with van der Waals surface area (Å²) in [5.41, 5.74) is 2.25. The number of hydrogen-bond donors (Lipinski definition) is 2. The SMILES string of the molecule is Cc1cccc(NC(=O)N(CCNS(=O)(=O)c2ccc3ccccc3c2)c2ccc(Oc3ccccc3)cc2)c1. The summed E-state index contributed by atoms with van der Waals surface area (Å²) in [5.74, 6) is 1.32. The largest absolute Gasteiger partial charge is 0.457 e. The summed E-state index contributed by atoms with van der Waals surface area (Å²) in [6.45, 7) is 2.06. The highest BCUT2D eigenvalue weighted by molar-refractivity contribution is 7.89. The summed E-state index contributed by atoms with van der Waals surface area (Å²) in [6.07, 6.45) is 0. The van der Waals surface area contributed by atoms with Crippen LogP contribution in [0.25, 0.3) is 10.8 Å². The number of urea groups is 1. The molecule has 0 atom stereocenters. The molecule has 0 unspecified atom stereocenters. The zero-order chi connectivity index (χ0) is 28.0. The first-order chi connectivity index (χ1) is 19.4. The third-order valence-corrected chi connectivity index (χ3v) is 7.76. The molecule has 0 fully saturated rings. The van der Waals surface area contributed by atoms with Crippen LogP contribution in [0.4, 0.5) is 16.2 Å². The molecule has 0 aliphatic carbocycles. The van der Waals surface area contributed by atoms with Gasteiger partial charge in [-0.1, -0.05) is 60.7 Å². The van der Waals surface area contributed by atoms with Gasteiger partial charge < -0.3 is 10.1 Å². The van der Waals surface area contributed by atoms with Crippen molar-refractivity contribution in [2.24, 2.45) is 0 Å². The lowest BCUT2D eigenvalue weighted by Crippen LogP contribution is -2.41. The Labute approximate surface area is 234 Å². The van der Waals surface area contributed by atoms with Gasteiger partial charge in [0.1, 0.15) is 11.5 Å². The molecule has 8 heteroatoms. The predicted octanol–water partition coefficient (Wildman–Crippen LogP) is 6.96. The lowest BCUT2D eigenvalue weighted by molar-refractivity contribution is 0.257. The van der Waals surface area contributed by atoms with E-state index >= 15 is 0 Å². The van der Waals surface area contributed by atoms with E-state index in [0.29, 0.717) is 22.9 Å². The van der Waals surface area contributed by atoms with Crippen molar-refractivity contribution in [2.45, 2.75) is 11.8 Å². The van der Waals surface area contributed by atoms with Gasteiger partial charge in [0, 0.05) is 24.5 Å². The Morgan fingerprint density at radius 1 is 0.750 bits per heavy atom. The number of amides is 2. The zero-order valence-electron chi connectivity index (χ0n) is 21.9. The van der Waals surface area contributed by atoms with Crippen LogP contribution in [0, 0.1) is 6.92 Å². The van der Waals surface area contributed by atoms with Gasteiger partial charge in [-0.25, -0.2) is 17.9 Å². The maximum atomic E-state index is 13.4. The van der Waals surface area contributed by atoms with Gasteiger partial charge in [-0.3, -0.25) is 4.90 Å². The van der Waals surface area contributed by atoms with E-state index in [9.17, 15) is 13.2 Å². The van der Waals surface area contributed by atoms with Crippen molar-refractivity contribution in [2.75, 3.05) is 23.3 Å². The second kappa shape index (κ2) is 12.0. The van der Waals surface area contributed by atoms with Gasteiger partial charge in [-0.05, 0) is 83.9 Å². The molecule has 40 heavy (non-hydrogen) atoms. The highest BCUT2D eigenvalue weighted by Crippen LogP contribution is 2.25. The minimum atomic E-state index is -3.79. The molecule has 2 N–H and O–H groups in total. The van der Waals surface area contributed by atoms with Crippen molar-refractivity contribution in [3.8, 4) is 11.5 Å². The fraction of sp³-hybridized carbons (Fsp3) is 0.0938. The molecule has 0 spiro atoms. The number of sulfonamides is 1. The third-order valence-electron chi connectivity index (χ3n) is 6.30. The number of nitrogens with one attached hydrogen (secondary N) is 2. The molecule has 0 bridgehead atoms. The second-order valence-corrected chi connectivity index (χ2v) is 11.0. The number of anilines is 2. The van der Waals surface area contributed by atoms with Crippen molar-refractivity contribution in [3.05, 3.63) is 127 Å². The molecular formula is C32H29N3O4S. The zero-order valence-corrected chi connectivity index (χ0v) is 22.8. The lowest BCUT2D eigenvalue weighted by atomic mass is 10.1. The van der Waals surface area contributed by atoms with Crippen LogP contribution in [0.3, 0.4) is 0 Å². The van der Waals surface area contributed by atoms with Crippen LogP contribution in [0.1, 0.15) is 5.56 Å². The van der Waals surface area contributed by atoms with E-state index in [1.807, 2.05) is 85.8 Å². The topological polar surface area (TPSA) is 87.7 Å².